The molecule has 0 N–H and O–H groups in total. The monoisotopic (exact) mass is 398 g/mol. The zero-order valence-electron chi connectivity index (χ0n) is 19.7. The molecule has 4 nitrogen and oxygen atoms in total. The molecule has 0 amide bonds. The van der Waals surface area contributed by atoms with Gasteiger partial charge in [-0.25, -0.2) is 0 Å². The SMILES string of the molecule is CCOC(=O)C(C(=O)OCC)C(C)(C)CCCCCCCCCCC(C)(C)C. The summed E-state index contributed by atoms with van der Waals surface area (Å²) in [5.74, 6) is -1.75. The van der Waals surface area contributed by atoms with Gasteiger partial charge in [0, 0.05) is 0 Å². The molecule has 0 fully saturated rings. The third kappa shape index (κ3) is 12.4. The van der Waals surface area contributed by atoms with Crippen molar-refractivity contribution in [3.8, 4) is 0 Å². The van der Waals surface area contributed by atoms with E-state index in [1.807, 2.05) is 13.8 Å². The highest BCUT2D eigenvalue weighted by Crippen LogP contribution is 2.35. The highest BCUT2D eigenvalue weighted by molar-refractivity contribution is 5.95. The predicted molar refractivity (Wildman–Crippen MR) is 116 cm³/mol. The zero-order chi connectivity index (χ0) is 21.6. The Morgan fingerprint density at radius 2 is 1.00 bits per heavy atom. The van der Waals surface area contributed by atoms with Crippen molar-refractivity contribution in [1.82, 2.24) is 0 Å². The van der Waals surface area contributed by atoms with Crippen LogP contribution in [0.3, 0.4) is 0 Å². The van der Waals surface area contributed by atoms with Crippen LogP contribution >= 0.6 is 0 Å². The first-order chi connectivity index (χ1) is 13.0. The average Bonchev–Trinajstić information content (AvgIpc) is 2.55. The molecule has 0 aliphatic carbocycles. The fourth-order valence-corrected chi connectivity index (χ4v) is 3.63. The fraction of sp³-hybridized carbons (Fsp3) is 0.917. The molecule has 0 heterocycles. The molecule has 0 radical (unpaired) electrons. The number of hydrogen-bond acceptors (Lipinski definition) is 4. The average molecular weight is 399 g/mol. The molecule has 0 aromatic rings. The smallest absolute Gasteiger partial charge is 0.320 e. The predicted octanol–water partition coefficient (Wildman–Crippen LogP) is 6.70. The van der Waals surface area contributed by atoms with Gasteiger partial charge in [-0.05, 0) is 37.5 Å². The van der Waals surface area contributed by atoms with Crippen molar-refractivity contribution in [2.24, 2.45) is 16.7 Å². The van der Waals surface area contributed by atoms with Crippen molar-refractivity contribution < 1.29 is 19.1 Å². The van der Waals surface area contributed by atoms with E-state index < -0.39 is 23.3 Å². The molecule has 0 saturated carbocycles. The van der Waals surface area contributed by atoms with Gasteiger partial charge in [-0.3, -0.25) is 9.59 Å². The summed E-state index contributed by atoms with van der Waals surface area (Å²) in [5.41, 5.74) is 0.00320. The lowest BCUT2D eigenvalue weighted by molar-refractivity contribution is -0.167. The van der Waals surface area contributed by atoms with E-state index in [9.17, 15) is 9.59 Å². The molecule has 0 bridgehead atoms. The first-order valence-electron chi connectivity index (χ1n) is 11.4. The largest absolute Gasteiger partial charge is 0.465 e. The van der Waals surface area contributed by atoms with Gasteiger partial charge in [0.25, 0.3) is 0 Å². The van der Waals surface area contributed by atoms with Crippen LogP contribution in [0.4, 0.5) is 0 Å². The standard InChI is InChI=1S/C24H46O4/c1-8-27-21(25)20(22(26)28-9-2)24(6,7)19-17-15-13-11-10-12-14-16-18-23(3,4)5/h20H,8-19H2,1-7H3. The minimum absolute atomic E-state index is 0.278. The Morgan fingerprint density at radius 1 is 0.643 bits per heavy atom. The summed E-state index contributed by atoms with van der Waals surface area (Å²) in [6, 6.07) is 0. The van der Waals surface area contributed by atoms with E-state index in [-0.39, 0.29) is 13.2 Å². The zero-order valence-corrected chi connectivity index (χ0v) is 19.7. The Balaban J connectivity index is 4.14. The molecule has 0 atom stereocenters. The van der Waals surface area contributed by atoms with Crippen molar-refractivity contribution in [3.05, 3.63) is 0 Å². The molecule has 0 aliphatic rings. The summed E-state index contributed by atoms with van der Waals surface area (Å²) in [7, 11) is 0. The second-order valence-electron chi connectivity index (χ2n) is 9.81. The Labute approximate surface area is 174 Å². The first-order valence-corrected chi connectivity index (χ1v) is 11.4. The van der Waals surface area contributed by atoms with Gasteiger partial charge in [-0.15, -0.1) is 0 Å². The highest BCUT2D eigenvalue weighted by atomic mass is 16.6. The fourth-order valence-electron chi connectivity index (χ4n) is 3.63. The molecule has 4 heteroatoms. The lowest BCUT2D eigenvalue weighted by atomic mass is 9.75. The number of ether oxygens (including phenoxy) is 2. The van der Waals surface area contributed by atoms with Gasteiger partial charge in [-0.1, -0.05) is 86.0 Å². The summed E-state index contributed by atoms with van der Waals surface area (Å²) in [6.45, 7) is 14.9. The number of carbonyl (C=O) groups excluding carboxylic acids is 2. The van der Waals surface area contributed by atoms with Crippen LogP contribution in [-0.2, 0) is 19.1 Å². The molecule has 0 rings (SSSR count). The molecule has 0 unspecified atom stereocenters. The number of carbonyl (C=O) groups is 2. The van der Waals surface area contributed by atoms with Crippen LogP contribution in [0.25, 0.3) is 0 Å². The van der Waals surface area contributed by atoms with Crippen molar-refractivity contribution in [3.63, 3.8) is 0 Å². The van der Waals surface area contributed by atoms with E-state index in [1.54, 1.807) is 13.8 Å². The quantitative estimate of drug-likeness (QED) is 0.175. The van der Waals surface area contributed by atoms with E-state index in [0.29, 0.717) is 5.41 Å². The van der Waals surface area contributed by atoms with Gasteiger partial charge in [0.2, 0.25) is 0 Å². The molecular weight excluding hydrogens is 352 g/mol. The molecule has 0 aromatic carbocycles. The third-order valence-corrected chi connectivity index (χ3v) is 5.32. The van der Waals surface area contributed by atoms with Crippen LogP contribution < -0.4 is 0 Å². The maximum atomic E-state index is 12.3. The van der Waals surface area contributed by atoms with Crippen LogP contribution in [0.15, 0.2) is 0 Å². The Bertz CT molecular complexity index is 416. The molecule has 0 saturated heterocycles. The lowest BCUT2D eigenvalue weighted by Gasteiger charge is -2.31. The van der Waals surface area contributed by atoms with Gasteiger partial charge in [0.15, 0.2) is 5.92 Å². The van der Waals surface area contributed by atoms with Crippen LogP contribution in [0, 0.1) is 16.7 Å². The minimum atomic E-state index is -0.838. The summed E-state index contributed by atoms with van der Waals surface area (Å²) in [5, 5.41) is 0. The Hall–Kier alpha value is -1.06. The highest BCUT2D eigenvalue weighted by Gasteiger charge is 2.42. The van der Waals surface area contributed by atoms with Crippen molar-refractivity contribution in [1.29, 1.82) is 0 Å². The van der Waals surface area contributed by atoms with Crippen molar-refractivity contribution in [2.45, 2.75) is 113 Å². The topological polar surface area (TPSA) is 52.6 Å². The van der Waals surface area contributed by atoms with Gasteiger partial charge in [0.1, 0.15) is 0 Å². The Morgan fingerprint density at radius 3 is 1.36 bits per heavy atom. The van der Waals surface area contributed by atoms with Crippen LogP contribution in [0.2, 0.25) is 0 Å². The molecular formula is C24H46O4. The number of unbranched alkanes of at least 4 members (excludes halogenated alkanes) is 7. The summed E-state index contributed by atoms with van der Waals surface area (Å²) < 4.78 is 10.3. The molecule has 28 heavy (non-hydrogen) atoms. The Kier molecular flexibility index (Phi) is 13.5. The van der Waals surface area contributed by atoms with Gasteiger partial charge < -0.3 is 9.47 Å². The number of hydrogen-bond donors (Lipinski definition) is 0. The van der Waals surface area contributed by atoms with Crippen molar-refractivity contribution >= 4 is 11.9 Å². The molecule has 0 aliphatic heterocycles. The van der Waals surface area contributed by atoms with E-state index >= 15 is 0 Å². The molecule has 0 spiro atoms. The summed E-state index contributed by atoms with van der Waals surface area (Å²) in [4.78, 5) is 24.6. The summed E-state index contributed by atoms with van der Waals surface area (Å²) in [6.07, 6.45) is 12.1. The second kappa shape index (κ2) is 14.0. The van der Waals surface area contributed by atoms with E-state index in [0.717, 1.165) is 19.3 Å². The second-order valence-corrected chi connectivity index (χ2v) is 9.81. The molecule has 166 valence electrons. The molecule has 0 aromatic heterocycles. The van der Waals surface area contributed by atoms with Gasteiger partial charge >= 0.3 is 11.9 Å². The van der Waals surface area contributed by atoms with Crippen LogP contribution in [0.1, 0.15) is 113 Å². The maximum Gasteiger partial charge on any atom is 0.320 e. The normalized spacial score (nSPS) is 12.3. The first kappa shape index (κ1) is 26.9. The van der Waals surface area contributed by atoms with E-state index in [1.165, 1.54) is 44.9 Å². The van der Waals surface area contributed by atoms with Gasteiger partial charge in [0.05, 0.1) is 13.2 Å². The minimum Gasteiger partial charge on any atom is -0.465 e. The maximum absolute atomic E-state index is 12.3. The third-order valence-electron chi connectivity index (χ3n) is 5.32. The summed E-state index contributed by atoms with van der Waals surface area (Å²) >= 11 is 0. The van der Waals surface area contributed by atoms with Crippen molar-refractivity contribution in [2.75, 3.05) is 13.2 Å². The number of rotatable bonds is 15. The number of esters is 2. The lowest BCUT2D eigenvalue weighted by Crippen LogP contribution is -2.39. The van der Waals surface area contributed by atoms with E-state index in [2.05, 4.69) is 20.8 Å². The van der Waals surface area contributed by atoms with Crippen LogP contribution in [0.5, 0.6) is 0 Å². The van der Waals surface area contributed by atoms with Crippen LogP contribution in [-0.4, -0.2) is 25.2 Å². The van der Waals surface area contributed by atoms with Gasteiger partial charge in [-0.2, -0.15) is 0 Å². The van der Waals surface area contributed by atoms with E-state index in [4.69, 9.17) is 9.47 Å².